The Morgan fingerprint density at radius 3 is 2.31 bits per heavy atom. The van der Waals surface area contributed by atoms with E-state index in [0.29, 0.717) is 25.5 Å². The number of nitrogens with one attached hydrogen (secondary N) is 1. The highest BCUT2D eigenvalue weighted by Crippen LogP contribution is 2.35. The zero-order valence-corrected chi connectivity index (χ0v) is 19.1. The van der Waals surface area contributed by atoms with Crippen LogP contribution in [-0.4, -0.2) is 36.4 Å². The van der Waals surface area contributed by atoms with Gasteiger partial charge in [0.1, 0.15) is 5.82 Å². The zero-order chi connectivity index (χ0) is 24.4. The van der Waals surface area contributed by atoms with Gasteiger partial charge in [0.05, 0.1) is 16.9 Å². The third kappa shape index (κ3) is 4.66. The molecule has 4 aromatic rings. The van der Waals surface area contributed by atoms with E-state index in [9.17, 15) is 13.2 Å². The first-order valence-corrected chi connectivity index (χ1v) is 11.5. The lowest BCUT2D eigenvalue weighted by molar-refractivity contribution is 0.508. The van der Waals surface area contributed by atoms with Gasteiger partial charge in [0.15, 0.2) is 11.6 Å². The Bertz CT molecular complexity index is 1320. The van der Waals surface area contributed by atoms with Crippen molar-refractivity contribution in [3.05, 3.63) is 83.7 Å². The largest absolute Gasteiger partial charge is 0.403 e. The number of rotatable bonds is 6. The van der Waals surface area contributed by atoms with Gasteiger partial charge in [-0.3, -0.25) is 0 Å². The minimum atomic E-state index is -1.15. The second-order valence-corrected chi connectivity index (χ2v) is 8.28. The van der Waals surface area contributed by atoms with Crippen molar-refractivity contribution in [3.8, 4) is 11.5 Å². The highest BCUT2D eigenvalue weighted by atomic mass is 19.2. The summed E-state index contributed by atoms with van der Waals surface area (Å²) in [4.78, 5) is 4.22. The van der Waals surface area contributed by atoms with Gasteiger partial charge in [-0.1, -0.05) is 36.3 Å². The summed E-state index contributed by atoms with van der Waals surface area (Å²) in [5.41, 5.74) is 1.84. The van der Waals surface area contributed by atoms with E-state index in [0.717, 1.165) is 30.4 Å². The third-order valence-electron chi connectivity index (χ3n) is 6.11. The second-order valence-electron chi connectivity index (χ2n) is 8.28. The molecule has 0 saturated carbocycles. The molecule has 3 aromatic carbocycles. The standard InChI is InChI=1S/C26H24F3N5O/c1-2-17-8-11-22(21(28)16-17)30-24-19(9-10-20(27)23(24)29)25-31-32-26(35-25)34-14-12-33(13-15-34)18-6-4-3-5-7-18/h3-11,16,30H,2,12-15H2,1H3. The fourth-order valence-electron chi connectivity index (χ4n) is 4.11. The normalized spacial score (nSPS) is 13.8. The van der Waals surface area contributed by atoms with Crippen LogP contribution in [0.3, 0.4) is 0 Å². The molecular formula is C26H24F3N5O. The number of piperazine rings is 1. The average Bonchev–Trinajstić information content (AvgIpc) is 3.38. The van der Waals surface area contributed by atoms with Crippen LogP contribution in [0.15, 0.2) is 65.1 Å². The topological polar surface area (TPSA) is 57.4 Å². The monoisotopic (exact) mass is 479 g/mol. The Balaban J connectivity index is 1.38. The van der Waals surface area contributed by atoms with Crippen molar-refractivity contribution in [2.24, 2.45) is 0 Å². The van der Waals surface area contributed by atoms with Gasteiger partial charge >= 0.3 is 6.01 Å². The lowest BCUT2D eigenvalue weighted by atomic mass is 10.1. The van der Waals surface area contributed by atoms with E-state index >= 15 is 0 Å². The van der Waals surface area contributed by atoms with Crippen molar-refractivity contribution < 1.29 is 17.6 Å². The molecular weight excluding hydrogens is 455 g/mol. The van der Waals surface area contributed by atoms with Gasteiger partial charge in [-0.25, -0.2) is 13.2 Å². The highest BCUT2D eigenvalue weighted by molar-refractivity contribution is 5.78. The van der Waals surface area contributed by atoms with E-state index < -0.39 is 17.5 Å². The number of aryl methyl sites for hydroxylation is 1. The fraction of sp³-hybridized carbons (Fsp3) is 0.231. The maximum atomic E-state index is 14.8. The molecule has 5 rings (SSSR count). The Kier molecular flexibility index (Phi) is 6.31. The van der Waals surface area contributed by atoms with Crippen molar-refractivity contribution in [3.63, 3.8) is 0 Å². The van der Waals surface area contributed by atoms with Gasteiger partial charge < -0.3 is 19.5 Å². The number of para-hydroxylation sites is 1. The molecule has 0 amide bonds. The highest BCUT2D eigenvalue weighted by Gasteiger charge is 2.24. The predicted molar refractivity (Wildman–Crippen MR) is 130 cm³/mol. The lowest BCUT2D eigenvalue weighted by Gasteiger charge is -2.35. The number of anilines is 4. The molecule has 0 unspecified atom stereocenters. The van der Waals surface area contributed by atoms with Crippen LogP contribution in [0.1, 0.15) is 12.5 Å². The summed E-state index contributed by atoms with van der Waals surface area (Å²) in [7, 11) is 0. The first-order valence-electron chi connectivity index (χ1n) is 11.5. The predicted octanol–water partition coefficient (Wildman–Crippen LogP) is 5.79. The molecule has 1 N–H and O–H groups in total. The van der Waals surface area contributed by atoms with Crippen molar-refractivity contribution in [1.82, 2.24) is 10.2 Å². The minimum Gasteiger partial charge on any atom is -0.403 e. The average molecular weight is 480 g/mol. The SMILES string of the molecule is CCc1ccc(Nc2c(-c3nnc(N4CCN(c5ccccc5)CC4)o3)ccc(F)c2F)c(F)c1. The maximum absolute atomic E-state index is 14.8. The number of hydrogen-bond donors (Lipinski definition) is 1. The molecule has 1 saturated heterocycles. The van der Waals surface area contributed by atoms with Crippen molar-refractivity contribution in [2.75, 3.05) is 41.3 Å². The Labute approximate surface area is 201 Å². The summed E-state index contributed by atoms with van der Waals surface area (Å²) < 4.78 is 49.3. The fourth-order valence-corrected chi connectivity index (χ4v) is 4.11. The third-order valence-corrected chi connectivity index (χ3v) is 6.11. The van der Waals surface area contributed by atoms with Crippen molar-refractivity contribution in [2.45, 2.75) is 13.3 Å². The number of hydrogen-bond acceptors (Lipinski definition) is 6. The van der Waals surface area contributed by atoms with E-state index in [1.54, 1.807) is 6.07 Å². The summed E-state index contributed by atoms with van der Waals surface area (Å²) in [6, 6.07) is 17.3. The number of halogens is 3. The van der Waals surface area contributed by atoms with Crippen LogP contribution in [0.5, 0.6) is 0 Å². The number of nitrogens with zero attached hydrogens (tertiary/aromatic N) is 4. The Hall–Kier alpha value is -4.01. The van der Waals surface area contributed by atoms with Gasteiger partial charge in [-0.2, -0.15) is 0 Å². The van der Waals surface area contributed by atoms with Crippen LogP contribution >= 0.6 is 0 Å². The summed E-state index contributed by atoms with van der Waals surface area (Å²) in [6.07, 6.45) is 0.654. The summed E-state index contributed by atoms with van der Waals surface area (Å²) >= 11 is 0. The van der Waals surface area contributed by atoms with E-state index in [-0.39, 0.29) is 22.8 Å². The molecule has 0 bridgehead atoms. The second kappa shape index (κ2) is 9.69. The molecule has 9 heteroatoms. The summed E-state index contributed by atoms with van der Waals surface area (Å²) in [5, 5.41) is 10.9. The van der Waals surface area contributed by atoms with Gasteiger partial charge in [-0.15, -0.1) is 5.10 Å². The van der Waals surface area contributed by atoms with E-state index in [1.165, 1.54) is 18.2 Å². The smallest absolute Gasteiger partial charge is 0.318 e. The lowest BCUT2D eigenvalue weighted by Crippen LogP contribution is -2.46. The number of aromatic nitrogens is 2. The molecule has 1 fully saturated rings. The van der Waals surface area contributed by atoms with Crippen LogP contribution in [-0.2, 0) is 6.42 Å². The van der Waals surface area contributed by atoms with Gasteiger partial charge in [0.25, 0.3) is 5.89 Å². The van der Waals surface area contributed by atoms with Crippen LogP contribution < -0.4 is 15.1 Å². The van der Waals surface area contributed by atoms with Gasteiger partial charge in [0.2, 0.25) is 0 Å². The quantitative estimate of drug-likeness (QED) is 0.378. The Morgan fingerprint density at radius 1 is 0.857 bits per heavy atom. The molecule has 0 aliphatic carbocycles. The van der Waals surface area contributed by atoms with Crippen LogP contribution in [0.25, 0.3) is 11.5 Å². The summed E-state index contributed by atoms with van der Waals surface area (Å²) in [5.74, 6) is -2.78. The molecule has 1 aliphatic heterocycles. The van der Waals surface area contributed by atoms with Crippen molar-refractivity contribution in [1.29, 1.82) is 0 Å². The van der Waals surface area contributed by atoms with Gasteiger partial charge in [-0.05, 0) is 48.4 Å². The molecule has 35 heavy (non-hydrogen) atoms. The molecule has 1 aliphatic rings. The molecule has 0 spiro atoms. The molecule has 180 valence electrons. The summed E-state index contributed by atoms with van der Waals surface area (Å²) in [6.45, 7) is 4.77. The molecule has 2 heterocycles. The Morgan fingerprint density at radius 2 is 1.60 bits per heavy atom. The zero-order valence-electron chi connectivity index (χ0n) is 19.1. The van der Waals surface area contributed by atoms with E-state index in [2.05, 4.69) is 32.5 Å². The van der Waals surface area contributed by atoms with Crippen LogP contribution in [0.4, 0.5) is 36.2 Å². The van der Waals surface area contributed by atoms with Crippen LogP contribution in [0.2, 0.25) is 0 Å². The first kappa shape index (κ1) is 22.8. The van der Waals surface area contributed by atoms with E-state index in [1.807, 2.05) is 30.0 Å². The molecule has 0 atom stereocenters. The first-order chi connectivity index (χ1) is 17.0. The minimum absolute atomic E-state index is 0.0116. The number of benzene rings is 3. The molecule has 6 nitrogen and oxygen atoms in total. The van der Waals surface area contributed by atoms with Crippen molar-refractivity contribution >= 4 is 23.1 Å². The maximum Gasteiger partial charge on any atom is 0.318 e. The van der Waals surface area contributed by atoms with Crippen LogP contribution in [0, 0.1) is 17.5 Å². The molecule has 1 aromatic heterocycles. The molecule has 0 radical (unpaired) electrons. The van der Waals surface area contributed by atoms with Gasteiger partial charge in [0, 0.05) is 31.9 Å². The van der Waals surface area contributed by atoms with E-state index in [4.69, 9.17) is 4.42 Å².